The normalized spacial score (nSPS) is 10.0. The highest BCUT2D eigenvalue weighted by molar-refractivity contribution is 6.30. The first-order chi connectivity index (χ1) is 10.1. The molecule has 21 heavy (non-hydrogen) atoms. The van der Waals surface area contributed by atoms with Crippen molar-refractivity contribution in [1.29, 1.82) is 0 Å². The molecule has 0 aliphatic carbocycles. The molecule has 4 nitrogen and oxygen atoms in total. The van der Waals surface area contributed by atoms with Gasteiger partial charge in [0.15, 0.2) is 6.61 Å². The number of likely N-dealkylation sites (N-methyl/N-ethyl adjacent to an activating group) is 1. The molecule has 0 bridgehead atoms. The third kappa shape index (κ3) is 4.13. The molecule has 0 aliphatic heterocycles. The molecule has 2 rings (SSSR count). The molecule has 0 radical (unpaired) electrons. The van der Waals surface area contributed by atoms with Crippen LogP contribution in [0.1, 0.15) is 0 Å². The van der Waals surface area contributed by atoms with Crippen LogP contribution in [0.3, 0.4) is 0 Å². The van der Waals surface area contributed by atoms with Crippen LogP contribution in [0.4, 0.5) is 5.69 Å². The van der Waals surface area contributed by atoms with Crippen molar-refractivity contribution in [3.63, 3.8) is 0 Å². The fourth-order valence-corrected chi connectivity index (χ4v) is 1.86. The molecule has 0 aromatic heterocycles. The van der Waals surface area contributed by atoms with E-state index in [4.69, 9.17) is 21.1 Å². The Morgan fingerprint density at radius 1 is 1.14 bits per heavy atom. The van der Waals surface area contributed by atoms with Crippen molar-refractivity contribution in [1.82, 2.24) is 0 Å². The van der Waals surface area contributed by atoms with E-state index in [9.17, 15) is 4.79 Å². The molecular weight excluding hydrogens is 290 g/mol. The van der Waals surface area contributed by atoms with Gasteiger partial charge in [0.1, 0.15) is 11.5 Å². The van der Waals surface area contributed by atoms with Crippen molar-refractivity contribution >= 4 is 23.2 Å². The number of ether oxygens (including phenoxy) is 2. The summed E-state index contributed by atoms with van der Waals surface area (Å²) >= 11 is 5.79. The SMILES string of the molecule is COc1cccc(N(C)C(=O)COc2ccc(Cl)cc2)c1. The van der Waals surface area contributed by atoms with Crippen molar-refractivity contribution in [2.45, 2.75) is 0 Å². The Balaban J connectivity index is 1.97. The third-order valence-electron chi connectivity index (χ3n) is 2.99. The van der Waals surface area contributed by atoms with Crippen molar-refractivity contribution < 1.29 is 14.3 Å². The topological polar surface area (TPSA) is 38.8 Å². The van der Waals surface area contributed by atoms with E-state index in [0.29, 0.717) is 16.5 Å². The highest BCUT2D eigenvalue weighted by Gasteiger charge is 2.12. The third-order valence-corrected chi connectivity index (χ3v) is 3.24. The van der Waals surface area contributed by atoms with Gasteiger partial charge in [-0.15, -0.1) is 0 Å². The van der Waals surface area contributed by atoms with Gasteiger partial charge in [-0.2, -0.15) is 0 Å². The second kappa shape index (κ2) is 6.99. The fourth-order valence-electron chi connectivity index (χ4n) is 1.74. The predicted octanol–water partition coefficient (Wildman–Crippen LogP) is 3.39. The summed E-state index contributed by atoms with van der Waals surface area (Å²) in [5, 5.41) is 0.627. The Labute approximate surface area is 128 Å². The van der Waals surface area contributed by atoms with Crippen molar-refractivity contribution in [2.24, 2.45) is 0 Å². The van der Waals surface area contributed by atoms with Crippen LogP contribution in [0.15, 0.2) is 48.5 Å². The Morgan fingerprint density at radius 2 is 1.86 bits per heavy atom. The molecular formula is C16H16ClNO3. The van der Waals surface area contributed by atoms with Gasteiger partial charge in [-0.05, 0) is 36.4 Å². The number of methoxy groups -OCH3 is 1. The van der Waals surface area contributed by atoms with E-state index in [1.807, 2.05) is 18.2 Å². The van der Waals surface area contributed by atoms with E-state index in [2.05, 4.69) is 0 Å². The van der Waals surface area contributed by atoms with Crippen LogP contribution in [0.2, 0.25) is 5.02 Å². The summed E-state index contributed by atoms with van der Waals surface area (Å²) < 4.78 is 10.6. The Bertz CT molecular complexity index is 613. The van der Waals surface area contributed by atoms with Crippen LogP contribution in [-0.2, 0) is 4.79 Å². The predicted molar refractivity (Wildman–Crippen MR) is 83.4 cm³/mol. The van der Waals surface area contributed by atoms with Gasteiger partial charge in [0, 0.05) is 23.8 Å². The molecule has 2 aromatic carbocycles. The number of benzene rings is 2. The van der Waals surface area contributed by atoms with Gasteiger partial charge in [0.2, 0.25) is 0 Å². The maximum atomic E-state index is 12.1. The lowest BCUT2D eigenvalue weighted by molar-refractivity contribution is -0.120. The van der Waals surface area contributed by atoms with Crippen molar-refractivity contribution in [2.75, 3.05) is 25.7 Å². The quantitative estimate of drug-likeness (QED) is 0.850. The van der Waals surface area contributed by atoms with Crippen molar-refractivity contribution in [3.8, 4) is 11.5 Å². The zero-order valence-electron chi connectivity index (χ0n) is 11.9. The number of hydrogen-bond donors (Lipinski definition) is 0. The highest BCUT2D eigenvalue weighted by atomic mass is 35.5. The lowest BCUT2D eigenvalue weighted by Crippen LogP contribution is -2.31. The molecule has 0 saturated heterocycles. The average Bonchev–Trinajstić information content (AvgIpc) is 2.53. The maximum absolute atomic E-state index is 12.1. The van der Waals surface area contributed by atoms with Crippen LogP contribution in [0.25, 0.3) is 0 Å². The number of carbonyl (C=O) groups excluding carboxylic acids is 1. The zero-order valence-corrected chi connectivity index (χ0v) is 12.6. The number of rotatable bonds is 5. The Kier molecular flexibility index (Phi) is 5.06. The molecule has 0 aliphatic rings. The minimum atomic E-state index is -0.154. The number of amides is 1. The van der Waals surface area contributed by atoms with Crippen LogP contribution >= 0.6 is 11.6 Å². The summed E-state index contributed by atoms with van der Waals surface area (Å²) in [5.74, 6) is 1.15. The minimum Gasteiger partial charge on any atom is -0.497 e. The Morgan fingerprint density at radius 3 is 2.52 bits per heavy atom. The van der Waals surface area contributed by atoms with E-state index >= 15 is 0 Å². The largest absolute Gasteiger partial charge is 0.497 e. The number of halogens is 1. The molecule has 110 valence electrons. The monoisotopic (exact) mass is 305 g/mol. The average molecular weight is 306 g/mol. The molecule has 1 amide bonds. The van der Waals surface area contributed by atoms with Crippen LogP contribution in [0, 0.1) is 0 Å². The van der Waals surface area contributed by atoms with Crippen LogP contribution < -0.4 is 14.4 Å². The summed E-state index contributed by atoms with van der Waals surface area (Å²) in [7, 11) is 3.28. The number of carbonyl (C=O) groups is 1. The first kappa shape index (κ1) is 15.2. The van der Waals surface area contributed by atoms with E-state index in [0.717, 1.165) is 5.69 Å². The first-order valence-corrected chi connectivity index (χ1v) is 6.77. The summed E-state index contributed by atoms with van der Waals surface area (Å²) in [6.45, 7) is -0.0463. The molecule has 0 spiro atoms. The summed E-state index contributed by atoms with van der Waals surface area (Å²) in [6, 6.07) is 14.2. The van der Waals surface area contributed by atoms with Crippen LogP contribution in [-0.4, -0.2) is 26.7 Å². The standard InChI is InChI=1S/C16H16ClNO3/c1-18(13-4-3-5-15(10-13)20-2)16(19)11-21-14-8-6-12(17)7-9-14/h3-10H,11H2,1-2H3. The summed E-state index contributed by atoms with van der Waals surface area (Å²) in [4.78, 5) is 13.6. The van der Waals surface area contributed by atoms with Gasteiger partial charge in [0.05, 0.1) is 7.11 Å². The Hall–Kier alpha value is -2.20. The van der Waals surface area contributed by atoms with E-state index in [1.165, 1.54) is 4.90 Å². The van der Waals surface area contributed by atoms with Gasteiger partial charge >= 0.3 is 0 Å². The summed E-state index contributed by atoms with van der Waals surface area (Å²) in [5.41, 5.74) is 0.749. The molecule has 0 N–H and O–H groups in total. The lowest BCUT2D eigenvalue weighted by Gasteiger charge is -2.18. The molecule has 5 heteroatoms. The van der Waals surface area contributed by atoms with Gasteiger partial charge in [-0.25, -0.2) is 0 Å². The number of anilines is 1. The van der Waals surface area contributed by atoms with Crippen molar-refractivity contribution in [3.05, 3.63) is 53.6 Å². The number of hydrogen-bond acceptors (Lipinski definition) is 3. The van der Waals surface area contributed by atoms with E-state index in [1.54, 1.807) is 44.5 Å². The second-order valence-electron chi connectivity index (χ2n) is 4.40. The van der Waals surface area contributed by atoms with Gasteiger partial charge in [-0.1, -0.05) is 17.7 Å². The maximum Gasteiger partial charge on any atom is 0.264 e. The molecule has 0 heterocycles. The zero-order chi connectivity index (χ0) is 15.2. The van der Waals surface area contributed by atoms with E-state index < -0.39 is 0 Å². The molecule has 0 fully saturated rings. The molecule has 2 aromatic rings. The van der Waals surface area contributed by atoms with Gasteiger partial charge in [-0.3, -0.25) is 4.79 Å². The fraction of sp³-hybridized carbons (Fsp3) is 0.188. The first-order valence-electron chi connectivity index (χ1n) is 6.39. The molecule has 0 atom stereocenters. The highest BCUT2D eigenvalue weighted by Crippen LogP contribution is 2.20. The van der Waals surface area contributed by atoms with Gasteiger partial charge in [0.25, 0.3) is 5.91 Å². The smallest absolute Gasteiger partial charge is 0.264 e. The molecule has 0 saturated carbocycles. The second-order valence-corrected chi connectivity index (χ2v) is 4.83. The van der Waals surface area contributed by atoms with Gasteiger partial charge < -0.3 is 14.4 Å². The lowest BCUT2D eigenvalue weighted by atomic mass is 10.3. The van der Waals surface area contributed by atoms with E-state index in [-0.39, 0.29) is 12.5 Å². The minimum absolute atomic E-state index is 0.0463. The molecule has 0 unspecified atom stereocenters. The number of nitrogens with zero attached hydrogens (tertiary/aromatic N) is 1. The summed E-state index contributed by atoms with van der Waals surface area (Å²) in [6.07, 6.45) is 0. The van der Waals surface area contributed by atoms with Crippen LogP contribution in [0.5, 0.6) is 11.5 Å².